The van der Waals surface area contributed by atoms with Gasteiger partial charge in [0.2, 0.25) is 5.91 Å². The van der Waals surface area contributed by atoms with E-state index in [2.05, 4.69) is 20.1 Å². The highest BCUT2D eigenvalue weighted by Crippen LogP contribution is 2.30. The van der Waals surface area contributed by atoms with Gasteiger partial charge in [0.15, 0.2) is 0 Å². The van der Waals surface area contributed by atoms with Gasteiger partial charge in [-0.05, 0) is 42.7 Å². The number of hydrogen-bond donors (Lipinski definition) is 2. The number of carbonyl (C=O) groups is 1. The minimum Gasteiger partial charge on any atom is -0.387 e. The molecule has 6 heteroatoms. The van der Waals surface area contributed by atoms with E-state index >= 15 is 0 Å². The Morgan fingerprint density at radius 1 is 1.11 bits per heavy atom. The first-order valence-electron chi connectivity index (χ1n) is 9.66. The van der Waals surface area contributed by atoms with Gasteiger partial charge in [-0.15, -0.1) is 0 Å². The fourth-order valence-corrected chi connectivity index (χ4v) is 3.43. The minimum absolute atomic E-state index is 0.106. The molecule has 2 aliphatic rings. The Morgan fingerprint density at radius 2 is 1.85 bits per heavy atom. The molecule has 1 aliphatic heterocycles. The largest absolute Gasteiger partial charge is 0.387 e. The van der Waals surface area contributed by atoms with Gasteiger partial charge in [0.1, 0.15) is 5.82 Å². The predicted molar refractivity (Wildman–Crippen MR) is 106 cm³/mol. The summed E-state index contributed by atoms with van der Waals surface area (Å²) >= 11 is 0. The number of hydrogen-bond acceptors (Lipinski definition) is 5. The predicted octanol–water partition coefficient (Wildman–Crippen LogP) is 2.29. The van der Waals surface area contributed by atoms with Crippen molar-refractivity contribution < 1.29 is 9.90 Å². The van der Waals surface area contributed by atoms with Crippen molar-refractivity contribution in [2.75, 3.05) is 42.9 Å². The van der Waals surface area contributed by atoms with Crippen LogP contribution in [0, 0.1) is 5.92 Å². The van der Waals surface area contributed by atoms with Crippen LogP contribution in [0.2, 0.25) is 0 Å². The van der Waals surface area contributed by atoms with E-state index in [0.717, 1.165) is 56.1 Å². The van der Waals surface area contributed by atoms with Crippen molar-refractivity contribution in [2.45, 2.75) is 18.9 Å². The first kappa shape index (κ1) is 17.9. The van der Waals surface area contributed by atoms with Gasteiger partial charge in [0.05, 0.1) is 6.10 Å². The summed E-state index contributed by atoms with van der Waals surface area (Å²) in [5.41, 5.74) is 1.68. The summed E-state index contributed by atoms with van der Waals surface area (Å²) in [6.45, 7) is 4.25. The molecule has 1 aromatic carbocycles. The standard InChI is InChI=1S/C21H26N4O2/c26-19(16-6-8-18(9-7-16)23-21(27)17-4-5-17)15-24-11-13-25(14-12-24)20-3-1-2-10-22-20/h1-3,6-10,17,19,26H,4-5,11-15H2,(H,23,27). The molecule has 0 radical (unpaired) electrons. The molecule has 4 rings (SSSR count). The molecule has 2 N–H and O–H groups in total. The summed E-state index contributed by atoms with van der Waals surface area (Å²) in [6.07, 6.45) is 3.29. The topological polar surface area (TPSA) is 68.7 Å². The lowest BCUT2D eigenvalue weighted by Gasteiger charge is -2.36. The SMILES string of the molecule is O=C(Nc1ccc(C(O)CN2CCN(c3ccccn3)CC2)cc1)C1CC1. The van der Waals surface area contributed by atoms with Crippen LogP contribution in [0.1, 0.15) is 24.5 Å². The van der Waals surface area contributed by atoms with E-state index in [1.54, 1.807) is 0 Å². The highest BCUT2D eigenvalue weighted by atomic mass is 16.3. The lowest BCUT2D eigenvalue weighted by atomic mass is 10.1. The van der Waals surface area contributed by atoms with Crippen molar-refractivity contribution in [3.05, 3.63) is 54.2 Å². The summed E-state index contributed by atoms with van der Waals surface area (Å²) in [7, 11) is 0. The van der Waals surface area contributed by atoms with Crippen LogP contribution in [-0.2, 0) is 4.79 Å². The normalized spacial score (nSPS) is 18.9. The van der Waals surface area contributed by atoms with Gasteiger partial charge in [-0.1, -0.05) is 18.2 Å². The van der Waals surface area contributed by atoms with Crippen molar-refractivity contribution in [1.82, 2.24) is 9.88 Å². The molecule has 0 bridgehead atoms. The number of amides is 1. The number of β-amino-alcohol motifs (C(OH)–C–C–N with tert-alkyl or cyclic N) is 1. The Kier molecular flexibility index (Phi) is 5.36. The molecule has 1 amide bonds. The van der Waals surface area contributed by atoms with Crippen LogP contribution in [0.3, 0.4) is 0 Å². The second kappa shape index (κ2) is 8.06. The Bertz CT molecular complexity index is 754. The second-order valence-electron chi connectivity index (χ2n) is 7.38. The molecule has 0 spiro atoms. The third-order valence-electron chi connectivity index (χ3n) is 5.29. The van der Waals surface area contributed by atoms with E-state index in [0.29, 0.717) is 6.54 Å². The number of pyridine rings is 1. The average molecular weight is 366 g/mol. The van der Waals surface area contributed by atoms with E-state index < -0.39 is 6.10 Å². The highest BCUT2D eigenvalue weighted by molar-refractivity contribution is 5.94. The minimum atomic E-state index is -0.528. The molecule has 142 valence electrons. The molecule has 1 saturated heterocycles. The number of rotatable bonds is 6. The first-order chi connectivity index (χ1) is 13.2. The van der Waals surface area contributed by atoms with Gasteiger partial charge in [-0.25, -0.2) is 4.98 Å². The molecular weight excluding hydrogens is 340 g/mol. The maximum absolute atomic E-state index is 11.8. The first-order valence-corrected chi connectivity index (χ1v) is 9.66. The summed E-state index contributed by atoms with van der Waals surface area (Å²) in [5, 5.41) is 13.5. The van der Waals surface area contributed by atoms with E-state index in [9.17, 15) is 9.90 Å². The average Bonchev–Trinajstić information content (AvgIpc) is 3.55. The van der Waals surface area contributed by atoms with Crippen LogP contribution in [0.4, 0.5) is 11.5 Å². The maximum Gasteiger partial charge on any atom is 0.227 e. The second-order valence-corrected chi connectivity index (χ2v) is 7.38. The van der Waals surface area contributed by atoms with Crippen molar-refractivity contribution in [2.24, 2.45) is 5.92 Å². The Hall–Kier alpha value is -2.44. The zero-order chi connectivity index (χ0) is 18.6. The van der Waals surface area contributed by atoms with Crippen LogP contribution >= 0.6 is 0 Å². The van der Waals surface area contributed by atoms with Crippen molar-refractivity contribution >= 4 is 17.4 Å². The number of nitrogens with one attached hydrogen (secondary N) is 1. The number of aromatic nitrogens is 1. The van der Waals surface area contributed by atoms with Crippen LogP contribution < -0.4 is 10.2 Å². The number of aliphatic hydroxyl groups is 1. The molecule has 2 heterocycles. The van der Waals surface area contributed by atoms with Gasteiger partial charge in [-0.2, -0.15) is 0 Å². The molecule has 1 saturated carbocycles. The van der Waals surface area contributed by atoms with Crippen LogP contribution in [0.25, 0.3) is 0 Å². The Labute approximate surface area is 159 Å². The lowest BCUT2D eigenvalue weighted by molar-refractivity contribution is -0.117. The molecular formula is C21H26N4O2. The number of piperazine rings is 1. The van der Waals surface area contributed by atoms with Crippen molar-refractivity contribution in [1.29, 1.82) is 0 Å². The quantitative estimate of drug-likeness (QED) is 0.821. The highest BCUT2D eigenvalue weighted by Gasteiger charge is 2.29. The summed E-state index contributed by atoms with van der Waals surface area (Å²) < 4.78 is 0. The van der Waals surface area contributed by atoms with Crippen LogP contribution in [-0.4, -0.2) is 53.6 Å². The van der Waals surface area contributed by atoms with E-state index in [4.69, 9.17) is 0 Å². The summed E-state index contributed by atoms with van der Waals surface area (Å²) in [4.78, 5) is 20.8. The Balaban J connectivity index is 1.26. The fraction of sp³-hybridized carbons (Fsp3) is 0.429. The smallest absolute Gasteiger partial charge is 0.227 e. The van der Waals surface area contributed by atoms with Crippen LogP contribution in [0.5, 0.6) is 0 Å². The lowest BCUT2D eigenvalue weighted by Crippen LogP contribution is -2.47. The third kappa shape index (κ3) is 4.64. The molecule has 1 aromatic heterocycles. The van der Waals surface area contributed by atoms with Gasteiger partial charge >= 0.3 is 0 Å². The van der Waals surface area contributed by atoms with Crippen molar-refractivity contribution in [3.63, 3.8) is 0 Å². The van der Waals surface area contributed by atoms with Crippen molar-refractivity contribution in [3.8, 4) is 0 Å². The number of anilines is 2. The van der Waals surface area contributed by atoms with E-state index in [1.807, 2.05) is 48.7 Å². The molecule has 1 aliphatic carbocycles. The van der Waals surface area contributed by atoms with Gasteiger partial charge < -0.3 is 15.3 Å². The number of carbonyl (C=O) groups excluding carboxylic acids is 1. The molecule has 1 atom stereocenters. The summed E-state index contributed by atoms with van der Waals surface area (Å²) in [5.74, 6) is 1.32. The zero-order valence-corrected chi connectivity index (χ0v) is 15.4. The number of benzene rings is 1. The monoisotopic (exact) mass is 366 g/mol. The van der Waals surface area contributed by atoms with Gasteiger partial charge in [-0.3, -0.25) is 9.69 Å². The maximum atomic E-state index is 11.8. The van der Waals surface area contributed by atoms with E-state index in [1.165, 1.54) is 0 Å². The number of aliphatic hydroxyl groups excluding tert-OH is 1. The summed E-state index contributed by atoms with van der Waals surface area (Å²) in [6, 6.07) is 13.5. The van der Waals surface area contributed by atoms with Crippen LogP contribution in [0.15, 0.2) is 48.7 Å². The zero-order valence-electron chi connectivity index (χ0n) is 15.4. The molecule has 2 aromatic rings. The molecule has 6 nitrogen and oxygen atoms in total. The molecule has 27 heavy (non-hydrogen) atoms. The van der Waals surface area contributed by atoms with Gasteiger partial charge in [0.25, 0.3) is 0 Å². The van der Waals surface area contributed by atoms with Gasteiger partial charge in [0, 0.05) is 50.5 Å². The molecule has 1 unspecified atom stereocenters. The fourth-order valence-electron chi connectivity index (χ4n) is 3.43. The Morgan fingerprint density at radius 3 is 2.48 bits per heavy atom. The van der Waals surface area contributed by atoms with E-state index in [-0.39, 0.29) is 11.8 Å². The number of nitrogens with zero attached hydrogens (tertiary/aromatic N) is 3. The molecule has 2 fully saturated rings. The third-order valence-corrected chi connectivity index (χ3v) is 5.29.